The maximum absolute atomic E-state index is 12.7. The summed E-state index contributed by atoms with van der Waals surface area (Å²) >= 11 is 6.95. The smallest absolute Gasteiger partial charge is 0.363 e. The number of ether oxygens (including phenoxy) is 4. The molecule has 2 atom stereocenters. The summed E-state index contributed by atoms with van der Waals surface area (Å²) in [6.45, 7) is 0. The van der Waals surface area contributed by atoms with E-state index in [2.05, 4.69) is 4.99 Å². The molecule has 1 aromatic rings. The van der Waals surface area contributed by atoms with E-state index in [9.17, 15) is 4.79 Å². The van der Waals surface area contributed by atoms with Crippen molar-refractivity contribution in [3.63, 3.8) is 0 Å². The van der Waals surface area contributed by atoms with Crippen LogP contribution in [0.15, 0.2) is 22.8 Å². The van der Waals surface area contributed by atoms with Crippen LogP contribution in [0, 0.1) is 17.3 Å². The van der Waals surface area contributed by atoms with E-state index in [-0.39, 0.29) is 16.0 Å². The highest BCUT2D eigenvalue weighted by molar-refractivity contribution is 6.24. The van der Waals surface area contributed by atoms with Crippen LogP contribution in [0.1, 0.15) is 44.1 Å². The monoisotopic (exact) mass is 431 g/mol. The van der Waals surface area contributed by atoms with Crippen LogP contribution >= 0.6 is 11.6 Å². The van der Waals surface area contributed by atoms with E-state index in [0.29, 0.717) is 40.5 Å². The molecule has 1 aromatic carbocycles. The number of methoxy groups -OCH3 is 3. The molecule has 2 unspecified atom stereocenters. The third kappa shape index (κ3) is 2.99. The number of nitrogens with zero attached hydrogens (tertiary/aromatic N) is 1. The van der Waals surface area contributed by atoms with Crippen molar-refractivity contribution in [2.24, 2.45) is 22.2 Å². The highest BCUT2D eigenvalue weighted by Crippen LogP contribution is 2.64. The molecule has 0 N–H and O–H groups in total. The molecule has 0 saturated heterocycles. The lowest BCUT2D eigenvalue weighted by molar-refractivity contribution is -0.131. The first-order valence-corrected chi connectivity index (χ1v) is 10.8. The zero-order valence-corrected chi connectivity index (χ0v) is 18.3. The molecule has 4 saturated carbocycles. The van der Waals surface area contributed by atoms with Gasteiger partial charge >= 0.3 is 5.97 Å². The number of hydrogen-bond donors (Lipinski definition) is 0. The molecule has 0 spiro atoms. The van der Waals surface area contributed by atoms with Crippen LogP contribution in [0.4, 0.5) is 0 Å². The van der Waals surface area contributed by atoms with E-state index in [4.69, 9.17) is 30.5 Å². The molecule has 0 amide bonds. The molecule has 30 heavy (non-hydrogen) atoms. The first-order chi connectivity index (χ1) is 14.4. The van der Waals surface area contributed by atoms with Crippen LogP contribution in [-0.2, 0) is 9.53 Å². The molecule has 6 nitrogen and oxygen atoms in total. The molecule has 1 aliphatic heterocycles. The predicted molar refractivity (Wildman–Crippen MR) is 113 cm³/mol. The lowest BCUT2D eigenvalue weighted by atomic mass is 9.49. The minimum atomic E-state index is -0.429. The average molecular weight is 432 g/mol. The predicted octanol–water partition coefficient (Wildman–Crippen LogP) is 4.59. The van der Waals surface area contributed by atoms with Gasteiger partial charge in [-0.25, -0.2) is 9.79 Å². The SMILES string of the molecule is COc1ccc(C=C2N=C(C34CC5CC(CC(Cl)(C5)C3)C4)OC2=O)c(OC)c1OC. The van der Waals surface area contributed by atoms with Crippen LogP contribution < -0.4 is 14.2 Å². The highest BCUT2D eigenvalue weighted by atomic mass is 35.5. The summed E-state index contributed by atoms with van der Waals surface area (Å²) in [5.74, 6) is 2.83. The van der Waals surface area contributed by atoms with E-state index in [1.54, 1.807) is 33.5 Å². The van der Waals surface area contributed by atoms with Crippen molar-refractivity contribution in [1.82, 2.24) is 0 Å². The number of aliphatic imine (C=N–C) groups is 1. The Hall–Kier alpha value is -2.21. The van der Waals surface area contributed by atoms with Gasteiger partial charge in [0.1, 0.15) is 0 Å². The molecule has 7 heteroatoms. The average Bonchev–Trinajstić information content (AvgIpc) is 3.07. The van der Waals surface area contributed by atoms with Crippen LogP contribution in [0.5, 0.6) is 17.2 Å². The molecular formula is C23H26ClNO5. The first-order valence-electron chi connectivity index (χ1n) is 10.4. The van der Waals surface area contributed by atoms with Crippen LogP contribution in [0.3, 0.4) is 0 Å². The number of alkyl halides is 1. The first kappa shape index (κ1) is 19.7. The quantitative estimate of drug-likeness (QED) is 0.387. The van der Waals surface area contributed by atoms with Gasteiger partial charge in [0.05, 0.1) is 21.3 Å². The van der Waals surface area contributed by atoms with Gasteiger partial charge in [-0.3, -0.25) is 0 Å². The maximum Gasteiger partial charge on any atom is 0.363 e. The number of cyclic esters (lactones) is 1. The normalized spacial score (nSPS) is 35.4. The fraction of sp³-hybridized carbons (Fsp3) is 0.565. The fourth-order valence-electron chi connectivity index (χ4n) is 6.42. The van der Waals surface area contributed by atoms with E-state index < -0.39 is 5.97 Å². The molecule has 6 rings (SSSR count). The van der Waals surface area contributed by atoms with Crippen LogP contribution in [0.2, 0.25) is 0 Å². The Bertz CT molecular complexity index is 955. The van der Waals surface area contributed by atoms with Crippen LogP contribution in [-0.4, -0.2) is 38.1 Å². The summed E-state index contributed by atoms with van der Waals surface area (Å²) in [5, 5.41) is 0. The Morgan fingerprint density at radius 2 is 1.77 bits per heavy atom. The van der Waals surface area contributed by atoms with E-state index >= 15 is 0 Å². The van der Waals surface area contributed by atoms with Crippen molar-refractivity contribution in [2.75, 3.05) is 21.3 Å². The number of esters is 1. The number of rotatable bonds is 5. The molecule has 5 aliphatic rings. The van der Waals surface area contributed by atoms with Crippen molar-refractivity contribution in [3.05, 3.63) is 23.4 Å². The van der Waals surface area contributed by atoms with Gasteiger partial charge in [-0.1, -0.05) is 0 Å². The standard InChI is InChI=1S/C23H26ClNO5/c1-27-17-5-4-15(18(28-2)19(17)29-3)7-16-20(26)30-21(25-16)22-8-13-6-14(9-22)11-23(24,10-13)12-22/h4-5,7,13-14H,6,8-12H2,1-3H3. The van der Waals surface area contributed by atoms with Crippen molar-refractivity contribution < 1.29 is 23.7 Å². The number of benzene rings is 1. The largest absolute Gasteiger partial charge is 0.493 e. The van der Waals surface area contributed by atoms with Gasteiger partial charge in [0.2, 0.25) is 11.6 Å². The summed E-state index contributed by atoms with van der Waals surface area (Å²) in [5.41, 5.74) is 0.736. The molecule has 160 valence electrons. The van der Waals surface area contributed by atoms with E-state index in [1.807, 2.05) is 6.07 Å². The van der Waals surface area contributed by atoms with Gasteiger partial charge in [0.15, 0.2) is 17.2 Å². The lowest BCUT2D eigenvalue weighted by Crippen LogP contribution is -2.56. The van der Waals surface area contributed by atoms with Gasteiger partial charge in [0, 0.05) is 15.9 Å². The van der Waals surface area contributed by atoms with Crippen LogP contribution in [0.25, 0.3) is 6.08 Å². The van der Waals surface area contributed by atoms with Gasteiger partial charge < -0.3 is 18.9 Å². The van der Waals surface area contributed by atoms with E-state index in [1.165, 1.54) is 6.42 Å². The second-order valence-corrected chi connectivity index (χ2v) is 9.95. The Kier molecular flexibility index (Phi) is 4.54. The zero-order chi connectivity index (χ0) is 21.1. The Morgan fingerprint density at radius 1 is 1.07 bits per heavy atom. The third-order valence-electron chi connectivity index (χ3n) is 7.09. The number of carbonyl (C=O) groups excluding carboxylic acids is 1. The van der Waals surface area contributed by atoms with Gasteiger partial charge in [-0.2, -0.15) is 0 Å². The summed E-state index contributed by atoms with van der Waals surface area (Å²) in [4.78, 5) is 17.2. The number of halogens is 1. The molecule has 4 bridgehead atoms. The van der Waals surface area contributed by atoms with Gasteiger partial charge in [0.25, 0.3) is 0 Å². The minimum Gasteiger partial charge on any atom is -0.493 e. The summed E-state index contributed by atoms with van der Waals surface area (Å²) in [6, 6.07) is 3.58. The van der Waals surface area contributed by atoms with Crippen molar-refractivity contribution in [1.29, 1.82) is 0 Å². The topological polar surface area (TPSA) is 66.4 Å². The van der Waals surface area contributed by atoms with Crippen molar-refractivity contribution in [2.45, 2.75) is 43.4 Å². The Labute approximate surface area is 181 Å². The minimum absolute atomic E-state index is 0.169. The maximum atomic E-state index is 12.7. The molecular weight excluding hydrogens is 406 g/mol. The molecule has 4 aliphatic carbocycles. The Morgan fingerprint density at radius 3 is 2.37 bits per heavy atom. The summed E-state index contributed by atoms with van der Waals surface area (Å²) in [7, 11) is 4.66. The summed E-state index contributed by atoms with van der Waals surface area (Å²) < 4.78 is 22.0. The number of carbonyl (C=O) groups is 1. The summed E-state index contributed by atoms with van der Waals surface area (Å²) in [6.07, 6.45) is 7.93. The van der Waals surface area contributed by atoms with Crippen molar-refractivity contribution in [3.8, 4) is 17.2 Å². The second kappa shape index (κ2) is 6.91. The van der Waals surface area contributed by atoms with Gasteiger partial charge in [-0.05, 0) is 68.6 Å². The molecule has 4 fully saturated rings. The number of hydrogen-bond acceptors (Lipinski definition) is 6. The molecule has 1 heterocycles. The third-order valence-corrected chi connectivity index (χ3v) is 7.53. The Balaban J connectivity index is 1.52. The van der Waals surface area contributed by atoms with E-state index in [0.717, 1.165) is 32.1 Å². The lowest BCUT2D eigenvalue weighted by Gasteiger charge is -2.59. The highest BCUT2D eigenvalue weighted by Gasteiger charge is 2.60. The molecule has 0 radical (unpaired) electrons. The van der Waals surface area contributed by atoms with Gasteiger partial charge in [-0.15, -0.1) is 11.6 Å². The second-order valence-electron chi connectivity index (χ2n) is 9.15. The zero-order valence-electron chi connectivity index (χ0n) is 17.5. The molecule has 0 aromatic heterocycles. The fourth-order valence-corrected chi connectivity index (χ4v) is 7.11. The van der Waals surface area contributed by atoms with Crippen molar-refractivity contribution >= 4 is 29.5 Å².